The van der Waals surface area contributed by atoms with Gasteiger partial charge in [0.25, 0.3) is 0 Å². The molecule has 1 aliphatic rings. The highest BCUT2D eigenvalue weighted by atomic mass is 79.9. The molecule has 9 nitrogen and oxygen atoms in total. The number of carbonyl (C=O) groups is 1. The third kappa shape index (κ3) is 8.46. The van der Waals surface area contributed by atoms with Gasteiger partial charge in [0.2, 0.25) is 0 Å². The van der Waals surface area contributed by atoms with Crippen LogP contribution in [0.2, 0.25) is 5.02 Å². The van der Waals surface area contributed by atoms with Gasteiger partial charge in [-0.25, -0.2) is 0 Å². The van der Waals surface area contributed by atoms with Crippen LogP contribution in [-0.2, 0) is 29.3 Å². The number of nitrogens with one attached hydrogen (secondary N) is 1. The van der Waals surface area contributed by atoms with E-state index in [1.807, 2.05) is 48.5 Å². The van der Waals surface area contributed by atoms with E-state index in [1.165, 1.54) is 0 Å². The van der Waals surface area contributed by atoms with Gasteiger partial charge in [-0.05, 0) is 65.2 Å². The summed E-state index contributed by atoms with van der Waals surface area (Å²) in [4.78, 5) is 16.6. The summed E-state index contributed by atoms with van der Waals surface area (Å²) in [5.41, 5.74) is 4.43. The van der Waals surface area contributed by atoms with Crippen molar-refractivity contribution in [3.8, 4) is 34.1 Å². The molecule has 11 heteroatoms. The van der Waals surface area contributed by atoms with Gasteiger partial charge in [0.15, 0.2) is 11.5 Å². The van der Waals surface area contributed by atoms with Crippen LogP contribution >= 0.6 is 27.5 Å². The first-order chi connectivity index (χ1) is 21.8. The molecule has 236 valence electrons. The summed E-state index contributed by atoms with van der Waals surface area (Å²) in [6, 6.07) is 18.1. The smallest absolute Gasteiger partial charge is 0.325 e. The number of benzene rings is 3. The topological polar surface area (TPSA) is 108 Å². The quantitative estimate of drug-likeness (QED) is 0.152. The van der Waals surface area contributed by atoms with E-state index < -0.39 is 18.6 Å². The predicted octanol–water partition coefficient (Wildman–Crippen LogP) is 6.50. The first-order valence-corrected chi connectivity index (χ1v) is 15.7. The highest BCUT2D eigenvalue weighted by Crippen LogP contribution is 2.39. The summed E-state index contributed by atoms with van der Waals surface area (Å²) in [6.45, 7) is 4.80. The molecular weight excluding hydrogens is 664 g/mol. The number of aliphatic hydroxyl groups excluding tert-OH is 1. The number of nitrogens with zero attached hydrogens (tertiary/aromatic N) is 1. The second kappa shape index (κ2) is 15.4. The molecule has 0 saturated carbocycles. The number of aromatic nitrogens is 1. The average Bonchev–Trinajstić information content (AvgIpc) is 3.04. The van der Waals surface area contributed by atoms with Crippen molar-refractivity contribution in [2.45, 2.75) is 45.8 Å². The zero-order valence-electron chi connectivity index (χ0n) is 24.9. The van der Waals surface area contributed by atoms with Crippen LogP contribution in [-0.4, -0.2) is 48.0 Å². The summed E-state index contributed by atoms with van der Waals surface area (Å²) >= 11 is 10.5. The van der Waals surface area contributed by atoms with E-state index in [9.17, 15) is 9.90 Å². The van der Waals surface area contributed by atoms with Crippen molar-refractivity contribution in [1.29, 1.82) is 0 Å². The van der Waals surface area contributed by atoms with E-state index in [-0.39, 0.29) is 25.9 Å². The zero-order valence-corrected chi connectivity index (χ0v) is 27.3. The molecule has 2 heterocycles. The third-order valence-electron chi connectivity index (χ3n) is 6.91. The minimum absolute atomic E-state index is 0.184. The van der Waals surface area contributed by atoms with E-state index in [1.54, 1.807) is 38.4 Å². The van der Waals surface area contributed by atoms with Crippen molar-refractivity contribution >= 4 is 33.5 Å². The molecule has 1 aliphatic heterocycles. The number of aliphatic hydroxyl groups is 1. The lowest BCUT2D eigenvalue weighted by atomic mass is 10.0. The molecule has 0 aliphatic carbocycles. The van der Waals surface area contributed by atoms with Crippen LogP contribution in [0.4, 0.5) is 0 Å². The summed E-state index contributed by atoms with van der Waals surface area (Å²) in [5.74, 6) is 1.84. The van der Waals surface area contributed by atoms with Gasteiger partial charge >= 0.3 is 5.97 Å². The monoisotopic (exact) mass is 696 g/mol. The second-order valence-electron chi connectivity index (χ2n) is 10.6. The summed E-state index contributed by atoms with van der Waals surface area (Å²) < 4.78 is 30.0. The second-order valence-corrected chi connectivity index (χ2v) is 11.8. The molecule has 4 aromatic rings. The van der Waals surface area contributed by atoms with Gasteiger partial charge in [-0.2, -0.15) is 0 Å². The molecule has 1 aromatic heterocycles. The lowest BCUT2D eigenvalue weighted by Gasteiger charge is -2.20. The molecular formula is C34H34BrClN2O7. The first-order valence-electron chi connectivity index (χ1n) is 14.5. The van der Waals surface area contributed by atoms with Crippen LogP contribution in [0.1, 0.15) is 30.5 Å². The van der Waals surface area contributed by atoms with Crippen molar-refractivity contribution in [2.24, 2.45) is 0 Å². The van der Waals surface area contributed by atoms with Crippen LogP contribution in [0.3, 0.4) is 0 Å². The lowest BCUT2D eigenvalue weighted by Crippen LogP contribution is -2.41. The van der Waals surface area contributed by atoms with Crippen LogP contribution in [0, 0.1) is 0 Å². The van der Waals surface area contributed by atoms with Crippen molar-refractivity contribution in [1.82, 2.24) is 10.3 Å². The number of hydrogen-bond donors (Lipinski definition) is 2. The molecule has 2 N–H and O–H groups in total. The predicted molar refractivity (Wildman–Crippen MR) is 174 cm³/mol. The van der Waals surface area contributed by atoms with Crippen LogP contribution in [0.25, 0.3) is 11.1 Å². The SMILES string of the molecule is CC(C)OC(=O)[C@H](CO)NCc1cc(Cl)c(OCc2cccc(-c3ccc4c(c3)OCCO4)c2Br)cc1OCc1cccnc1. The van der Waals surface area contributed by atoms with Crippen molar-refractivity contribution in [3.63, 3.8) is 0 Å². The van der Waals surface area contributed by atoms with E-state index in [4.69, 9.17) is 35.3 Å². The van der Waals surface area contributed by atoms with Gasteiger partial charge in [-0.15, -0.1) is 0 Å². The number of hydrogen-bond acceptors (Lipinski definition) is 9. The number of carbonyl (C=O) groups excluding carboxylic acids is 1. The maximum absolute atomic E-state index is 12.4. The Morgan fingerprint density at radius 1 is 1.00 bits per heavy atom. The van der Waals surface area contributed by atoms with E-state index in [0.29, 0.717) is 35.3 Å². The fraction of sp³-hybridized carbons (Fsp3) is 0.294. The van der Waals surface area contributed by atoms with Crippen LogP contribution < -0.4 is 24.3 Å². The van der Waals surface area contributed by atoms with E-state index >= 15 is 0 Å². The van der Waals surface area contributed by atoms with Gasteiger partial charge in [-0.3, -0.25) is 15.1 Å². The Balaban J connectivity index is 1.35. The molecule has 0 saturated heterocycles. The average molecular weight is 698 g/mol. The molecule has 0 amide bonds. The summed E-state index contributed by atoms with van der Waals surface area (Å²) in [7, 11) is 0. The van der Waals surface area contributed by atoms with Gasteiger partial charge in [0.1, 0.15) is 44.0 Å². The summed E-state index contributed by atoms with van der Waals surface area (Å²) in [5, 5.41) is 13.2. The minimum Gasteiger partial charge on any atom is -0.488 e. The largest absolute Gasteiger partial charge is 0.488 e. The molecule has 0 fully saturated rings. The number of ether oxygens (including phenoxy) is 5. The minimum atomic E-state index is -0.910. The van der Waals surface area contributed by atoms with Crippen molar-refractivity contribution < 1.29 is 33.6 Å². The molecule has 0 spiro atoms. The first kappa shape index (κ1) is 32.6. The van der Waals surface area contributed by atoms with Gasteiger partial charge in [0.05, 0.1) is 17.7 Å². The number of fused-ring (bicyclic) bond motifs is 1. The van der Waals surface area contributed by atoms with Gasteiger partial charge < -0.3 is 28.8 Å². The highest BCUT2D eigenvalue weighted by Gasteiger charge is 2.22. The number of halogens is 2. The molecule has 1 atom stereocenters. The number of pyridine rings is 1. The Bertz CT molecular complexity index is 1620. The molecule has 0 bridgehead atoms. The standard InChI is InChI=1S/C34H34BrClN2O7/c1-21(2)45-34(40)28(18-39)38-17-25-13-27(36)31(15-30(25)43-19-22-5-4-10-37-16-22)44-20-24-6-3-7-26(33(24)35)23-8-9-29-32(14-23)42-12-11-41-29/h3-10,13-16,21,28,38-39H,11-12,17-20H2,1-2H3/t28-/m0/s1. The Kier molecular flexibility index (Phi) is 11.2. The van der Waals surface area contributed by atoms with Crippen LogP contribution in [0.15, 0.2) is 77.5 Å². The van der Waals surface area contributed by atoms with E-state index in [2.05, 4.69) is 26.2 Å². The fourth-order valence-electron chi connectivity index (χ4n) is 4.65. The lowest BCUT2D eigenvalue weighted by molar-refractivity contribution is -0.151. The third-order valence-corrected chi connectivity index (χ3v) is 8.14. The molecule has 45 heavy (non-hydrogen) atoms. The summed E-state index contributed by atoms with van der Waals surface area (Å²) in [6.07, 6.45) is 3.11. The Morgan fingerprint density at radius 3 is 2.56 bits per heavy atom. The maximum atomic E-state index is 12.4. The molecule has 0 radical (unpaired) electrons. The van der Waals surface area contributed by atoms with Crippen LogP contribution in [0.5, 0.6) is 23.0 Å². The van der Waals surface area contributed by atoms with Gasteiger partial charge in [0, 0.05) is 46.2 Å². The number of rotatable bonds is 13. The van der Waals surface area contributed by atoms with E-state index in [0.717, 1.165) is 38.2 Å². The highest BCUT2D eigenvalue weighted by molar-refractivity contribution is 9.10. The zero-order chi connectivity index (χ0) is 31.8. The Morgan fingerprint density at radius 2 is 1.80 bits per heavy atom. The Labute approximate surface area is 275 Å². The Hall–Kier alpha value is -3.83. The maximum Gasteiger partial charge on any atom is 0.325 e. The number of esters is 1. The normalized spacial score (nSPS) is 12.9. The molecule has 0 unspecified atom stereocenters. The van der Waals surface area contributed by atoms with Crippen molar-refractivity contribution in [2.75, 3.05) is 19.8 Å². The van der Waals surface area contributed by atoms with Gasteiger partial charge in [-0.1, -0.05) is 41.9 Å². The fourth-order valence-corrected chi connectivity index (χ4v) is 5.50. The molecule has 5 rings (SSSR count). The molecule has 3 aromatic carbocycles. The van der Waals surface area contributed by atoms with Crippen molar-refractivity contribution in [3.05, 3.63) is 99.2 Å².